The normalized spacial score (nSPS) is 15.1. The Balaban J connectivity index is 5.65. The Bertz CT molecular complexity index is 799. The van der Waals surface area contributed by atoms with Crippen LogP contribution in [0.3, 0.4) is 0 Å². The summed E-state index contributed by atoms with van der Waals surface area (Å²) in [6, 6.07) is -4.37. The highest BCUT2D eigenvalue weighted by molar-refractivity contribution is 5.94. The smallest absolute Gasteiger partial charge is 0.326 e. The van der Waals surface area contributed by atoms with E-state index in [-0.39, 0.29) is 43.6 Å². The van der Waals surface area contributed by atoms with Gasteiger partial charge in [-0.1, -0.05) is 34.1 Å². The van der Waals surface area contributed by atoms with E-state index >= 15 is 0 Å². The van der Waals surface area contributed by atoms with Crippen LogP contribution in [0.2, 0.25) is 0 Å². The van der Waals surface area contributed by atoms with Crippen LogP contribution in [-0.4, -0.2) is 71.4 Å². The average Bonchev–Trinajstić information content (AvgIpc) is 2.79. The maximum absolute atomic E-state index is 13.2. The molecule has 0 saturated carbocycles. The number of nitrogens with zero attached hydrogens (tertiary/aromatic N) is 1. The van der Waals surface area contributed by atoms with Crippen LogP contribution in [0.25, 0.3) is 0 Å². The Morgan fingerprint density at radius 2 is 1.44 bits per heavy atom. The van der Waals surface area contributed by atoms with Gasteiger partial charge in [0.15, 0.2) is 5.96 Å². The molecule has 0 spiro atoms. The van der Waals surface area contributed by atoms with Gasteiger partial charge in [0.1, 0.15) is 18.1 Å². The molecule has 5 unspecified atom stereocenters. The first-order valence-electron chi connectivity index (χ1n) is 11.9. The number of hydrogen-bond acceptors (Lipinski definition) is 7. The third-order valence-electron chi connectivity index (χ3n) is 5.64. The molecule has 0 aliphatic rings. The molecule has 0 heterocycles. The van der Waals surface area contributed by atoms with Crippen molar-refractivity contribution in [3.8, 4) is 0 Å². The van der Waals surface area contributed by atoms with E-state index in [1.54, 1.807) is 20.8 Å². The number of carbonyl (C=O) groups excluding carboxylic acids is 4. The third kappa shape index (κ3) is 12.3. The summed E-state index contributed by atoms with van der Waals surface area (Å²) in [5.74, 6) is -4.64. The molecule has 0 aromatic carbocycles. The lowest BCUT2D eigenvalue weighted by Gasteiger charge is -2.28. The largest absolute Gasteiger partial charge is 0.480 e. The summed E-state index contributed by atoms with van der Waals surface area (Å²) < 4.78 is 0. The molecule has 0 rings (SSSR count). The summed E-state index contributed by atoms with van der Waals surface area (Å²) in [6.07, 6.45) is 0.841. The molecule has 12 N–H and O–H groups in total. The first kappa shape index (κ1) is 32.6. The highest BCUT2D eigenvalue weighted by atomic mass is 16.4. The van der Waals surface area contributed by atoms with Gasteiger partial charge in [0.05, 0.1) is 6.04 Å². The fraction of sp³-hybridized carbons (Fsp3) is 0.727. The Labute approximate surface area is 211 Å². The molecule has 0 bridgehead atoms. The van der Waals surface area contributed by atoms with Crippen molar-refractivity contribution in [2.24, 2.45) is 39.8 Å². The molecule has 0 saturated heterocycles. The molecule has 14 nitrogen and oxygen atoms in total. The molecule has 0 fully saturated rings. The van der Waals surface area contributed by atoms with E-state index in [1.165, 1.54) is 0 Å². The number of primary amides is 1. The van der Waals surface area contributed by atoms with Gasteiger partial charge in [-0.15, -0.1) is 0 Å². The monoisotopic (exact) mass is 514 g/mol. The third-order valence-corrected chi connectivity index (χ3v) is 5.64. The minimum atomic E-state index is -1.19. The van der Waals surface area contributed by atoms with Crippen molar-refractivity contribution < 1.29 is 29.1 Å². The quantitative estimate of drug-likeness (QED) is 0.0598. The molecular formula is C22H42N8O6. The lowest BCUT2D eigenvalue weighted by atomic mass is 9.96. The number of hydrogen-bond donors (Lipinski definition) is 8. The van der Waals surface area contributed by atoms with E-state index in [2.05, 4.69) is 20.9 Å². The molecular weight excluding hydrogens is 472 g/mol. The molecule has 0 radical (unpaired) electrons. The van der Waals surface area contributed by atoms with E-state index in [4.69, 9.17) is 22.9 Å². The lowest BCUT2D eigenvalue weighted by molar-refractivity contribution is -0.144. The van der Waals surface area contributed by atoms with Crippen molar-refractivity contribution in [3.05, 3.63) is 0 Å². The highest BCUT2D eigenvalue weighted by Gasteiger charge is 2.33. The zero-order valence-electron chi connectivity index (χ0n) is 21.5. The number of guanidine groups is 1. The van der Waals surface area contributed by atoms with Gasteiger partial charge in [0.2, 0.25) is 23.6 Å². The van der Waals surface area contributed by atoms with E-state index in [1.807, 2.05) is 6.92 Å². The van der Waals surface area contributed by atoms with Crippen molar-refractivity contribution in [2.75, 3.05) is 6.54 Å². The summed E-state index contributed by atoms with van der Waals surface area (Å²) >= 11 is 0. The Morgan fingerprint density at radius 3 is 1.92 bits per heavy atom. The zero-order valence-corrected chi connectivity index (χ0v) is 21.5. The molecule has 36 heavy (non-hydrogen) atoms. The van der Waals surface area contributed by atoms with Crippen LogP contribution < -0.4 is 38.9 Å². The van der Waals surface area contributed by atoms with E-state index in [0.717, 1.165) is 0 Å². The predicted molar refractivity (Wildman–Crippen MR) is 134 cm³/mol. The standard InChI is InChI=1S/C22H42N8O6/c1-5-12(4)17(20(34)29-16(11(2)3)21(35)36)30-19(33)14(7-6-10-27-22(25)26)28-18(32)13(23)8-9-15(24)31/h11-14,16-17H,5-10,23H2,1-4H3,(H2,24,31)(H,28,32)(H,29,34)(H,30,33)(H,35,36)(H4,25,26,27). The Kier molecular flexibility index (Phi) is 14.7. The number of aliphatic imine (C=N–C) groups is 1. The highest BCUT2D eigenvalue weighted by Crippen LogP contribution is 2.11. The van der Waals surface area contributed by atoms with Gasteiger partial charge < -0.3 is 44.0 Å². The minimum absolute atomic E-state index is 0.00676. The first-order chi connectivity index (χ1) is 16.7. The number of amides is 4. The molecule has 4 amide bonds. The SMILES string of the molecule is CCC(C)C(NC(=O)C(CCCN=C(N)N)NC(=O)C(N)CCC(N)=O)C(=O)NC(C(=O)O)C(C)C. The van der Waals surface area contributed by atoms with Crippen LogP contribution in [0.4, 0.5) is 0 Å². The summed E-state index contributed by atoms with van der Waals surface area (Å²) in [4.78, 5) is 65.0. The van der Waals surface area contributed by atoms with Crippen molar-refractivity contribution >= 4 is 35.6 Å². The molecule has 206 valence electrons. The van der Waals surface area contributed by atoms with Gasteiger partial charge in [0, 0.05) is 13.0 Å². The van der Waals surface area contributed by atoms with Crippen LogP contribution in [0.15, 0.2) is 4.99 Å². The van der Waals surface area contributed by atoms with E-state index < -0.39 is 53.8 Å². The van der Waals surface area contributed by atoms with Gasteiger partial charge in [0.25, 0.3) is 0 Å². The molecule has 0 aliphatic heterocycles. The number of carboxylic acids is 1. The molecule has 14 heteroatoms. The van der Waals surface area contributed by atoms with Crippen molar-refractivity contribution in [1.29, 1.82) is 0 Å². The first-order valence-corrected chi connectivity index (χ1v) is 11.9. The van der Waals surface area contributed by atoms with Crippen LogP contribution in [0, 0.1) is 11.8 Å². The number of carboxylic acid groups (broad SMARTS) is 1. The summed E-state index contributed by atoms with van der Waals surface area (Å²) in [7, 11) is 0. The number of nitrogens with one attached hydrogen (secondary N) is 3. The van der Waals surface area contributed by atoms with Crippen LogP contribution in [0.1, 0.15) is 59.8 Å². The Morgan fingerprint density at radius 1 is 0.861 bits per heavy atom. The van der Waals surface area contributed by atoms with E-state index in [0.29, 0.717) is 12.8 Å². The van der Waals surface area contributed by atoms with Crippen molar-refractivity contribution in [3.63, 3.8) is 0 Å². The lowest BCUT2D eigenvalue weighted by Crippen LogP contribution is -2.59. The fourth-order valence-electron chi connectivity index (χ4n) is 3.19. The summed E-state index contributed by atoms with van der Waals surface area (Å²) in [6.45, 7) is 7.06. The second kappa shape index (κ2) is 16.3. The number of aliphatic carboxylic acids is 1. The molecule has 0 aromatic heterocycles. The second-order valence-electron chi connectivity index (χ2n) is 9.06. The molecule has 5 atom stereocenters. The van der Waals surface area contributed by atoms with Crippen LogP contribution >= 0.6 is 0 Å². The number of nitrogens with two attached hydrogens (primary N) is 4. The average molecular weight is 515 g/mol. The number of rotatable bonds is 17. The summed E-state index contributed by atoms with van der Waals surface area (Å²) in [5.41, 5.74) is 21.5. The van der Waals surface area contributed by atoms with Gasteiger partial charge >= 0.3 is 5.97 Å². The zero-order chi connectivity index (χ0) is 28.0. The minimum Gasteiger partial charge on any atom is -0.480 e. The van der Waals surface area contributed by atoms with Gasteiger partial charge in [-0.2, -0.15) is 0 Å². The maximum atomic E-state index is 13.2. The molecule has 0 aromatic rings. The Hall–Kier alpha value is -3.42. The van der Waals surface area contributed by atoms with Crippen molar-refractivity contribution in [2.45, 2.75) is 84.0 Å². The van der Waals surface area contributed by atoms with Crippen LogP contribution in [-0.2, 0) is 24.0 Å². The van der Waals surface area contributed by atoms with Crippen molar-refractivity contribution in [1.82, 2.24) is 16.0 Å². The maximum Gasteiger partial charge on any atom is 0.326 e. The number of carbonyl (C=O) groups is 5. The van der Waals surface area contributed by atoms with Gasteiger partial charge in [-0.05, 0) is 31.1 Å². The molecule has 0 aliphatic carbocycles. The summed E-state index contributed by atoms with van der Waals surface area (Å²) in [5, 5.41) is 17.1. The fourth-order valence-corrected chi connectivity index (χ4v) is 3.19. The van der Waals surface area contributed by atoms with Gasteiger partial charge in [-0.25, -0.2) is 4.79 Å². The van der Waals surface area contributed by atoms with Gasteiger partial charge in [-0.3, -0.25) is 24.2 Å². The van der Waals surface area contributed by atoms with E-state index in [9.17, 15) is 29.1 Å². The second-order valence-corrected chi connectivity index (χ2v) is 9.06. The van der Waals surface area contributed by atoms with Crippen LogP contribution in [0.5, 0.6) is 0 Å². The predicted octanol–water partition coefficient (Wildman–Crippen LogP) is -2.13. The topological polar surface area (TPSA) is 258 Å².